The summed E-state index contributed by atoms with van der Waals surface area (Å²) in [6.45, 7) is 7.99. The molecule has 8 nitrogen and oxygen atoms in total. The molecule has 1 aromatic carbocycles. The minimum Gasteiger partial charge on any atom is -0.478 e. The number of nitrogens with one attached hydrogen (secondary N) is 1. The number of ether oxygens (including phenoxy) is 1. The van der Waals surface area contributed by atoms with Gasteiger partial charge in [-0.1, -0.05) is 12.1 Å². The van der Waals surface area contributed by atoms with E-state index < -0.39 is 5.97 Å². The van der Waals surface area contributed by atoms with Crippen molar-refractivity contribution in [2.45, 2.75) is 39.8 Å². The standard InChI is InChI=1S/C26H28N4O4S/c1-5-34-22(31)14-29-24(23(28-26(29)35)20-8-6-7-11-27-20)19-12-16(3)30(17(19)4)21-13-18(25(32)33)10-9-15(21)2/h6-13,23-24H,5,14H2,1-4H3,(H,28,35)(H,32,33)/t23-,24-/m1/s1. The third kappa shape index (κ3) is 4.64. The molecule has 35 heavy (non-hydrogen) atoms. The van der Waals surface area contributed by atoms with Crippen LogP contribution in [-0.2, 0) is 9.53 Å². The normalized spacial score (nSPS) is 17.4. The molecule has 0 spiro atoms. The summed E-state index contributed by atoms with van der Waals surface area (Å²) in [6.07, 6.45) is 1.73. The van der Waals surface area contributed by atoms with E-state index in [4.69, 9.17) is 17.0 Å². The van der Waals surface area contributed by atoms with E-state index in [1.54, 1.807) is 25.3 Å². The first kappa shape index (κ1) is 24.4. The minimum atomic E-state index is -0.977. The number of aryl methyl sites for hydroxylation is 2. The number of rotatable bonds is 7. The van der Waals surface area contributed by atoms with Gasteiger partial charge in [-0.25, -0.2) is 4.79 Å². The lowest BCUT2D eigenvalue weighted by molar-refractivity contribution is -0.143. The number of esters is 1. The van der Waals surface area contributed by atoms with E-state index in [1.807, 2.05) is 49.9 Å². The molecule has 0 saturated carbocycles. The number of aromatic carboxylic acids is 1. The predicted molar refractivity (Wildman–Crippen MR) is 136 cm³/mol. The van der Waals surface area contributed by atoms with Gasteiger partial charge in [0.1, 0.15) is 6.54 Å². The monoisotopic (exact) mass is 492 g/mol. The van der Waals surface area contributed by atoms with Crippen molar-refractivity contribution in [3.05, 3.63) is 82.4 Å². The Morgan fingerprint density at radius 3 is 2.60 bits per heavy atom. The van der Waals surface area contributed by atoms with Crippen molar-refractivity contribution in [3.8, 4) is 5.69 Å². The SMILES string of the molecule is CCOC(=O)CN1C(=S)N[C@H](c2ccccn2)[C@H]1c1cc(C)n(-c2cc(C(=O)O)ccc2C)c1C. The number of carboxylic acid groups (broad SMARTS) is 1. The molecule has 1 aliphatic rings. The number of nitrogens with zero attached hydrogens (tertiary/aromatic N) is 3. The summed E-state index contributed by atoms with van der Waals surface area (Å²) in [5.74, 6) is -1.34. The van der Waals surface area contributed by atoms with Gasteiger partial charge in [-0.05, 0) is 81.4 Å². The van der Waals surface area contributed by atoms with E-state index in [0.29, 0.717) is 5.11 Å². The highest BCUT2D eigenvalue weighted by molar-refractivity contribution is 7.80. The molecule has 4 rings (SSSR count). The van der Waals surface area contributed by atoms with Crippen molar-refractivity contribution < 1.29 is 19.4 Å². The third-order valence-corrected chi connectivity index (χ3v) is 6.64. The number of carbonyl (C=O) groups excluding carboxylic acids is 1. The molecule has 9 heteroatoms. The van der Waals surface area contributed by atoms with Gasteiger partial charge in [0.15, 0.2) is 5.11 Å². The summed E-state index contributed by atoms with van der Waals surface area (Å²) >= 11 is 5.65. The van der Waals surface area contributed by atoms with Crippen LogP contribution in [0.3, 0.4) is 0 Å². The van der Waals surface area contributed by atoms with Gasteiger partial charge in [0.2, 0.25) is 0 Å². The summed E-state index contributed by atoms with van der Waals surface area (Å²) in [5, 5.41) is 13.3. The quantitative estimate of drug-likeness (QED) is 0.377. The molecular weight excluding hydrogens is 464 g/mol. The Kier molecular flexibility index (Phi) is 6.88. The highest BCUT2D eigenvalue weighted by Crippen LogP contribution is 2.41. The Labute approximate surface area is 209 Å². The molecule has 2 atom stereocenters. The van der Waals surface area contributed by atoms with Gasteiger partial charge in [-0.2, -0.15) is 0 Å². The second-order valence-corrected chi connectivity index (χ2v) is 8.91. The molecule has 2 N–H and O–H groups in total. The van der Waals surface area contributed by atoms with Gasteiger partial charge in [0, 0.05) is 23.3 Å². The molecule has 2 aromatic heterocycles. The lowest BCUT2D eigenvalue weighted by atomic mass is 9.96. The molecule has 0 bridgehead atoms. The fraction of sp³-hybridized carbons (Fsp3) is 0.308. The molecule has 1 fully saturated rings. The Morgan fingerprint density at radius 2 is 1.94 bits per heavy atom. The van der Waals surface area contributed by atoms with E-state index in [2.05, 4.69) is 20.9 Å². The second-order valence-electron chi connectivity index (χ2n) is 8.53. The second kappa shape index (κ2) is 9.87. The Morgan fingerprint density at radius 1 is 1.17 bits per heavy atom. The molecule has 0 amide bonds. The number of thiocarbonyl (C=S) groups is 1. The van der Waals surface area contributed by atoms with Crippen LogP contribution in [0.4, 0.5) is 0 Å². The van der Waals surface area contributed by atoms with Crippen molar-refractivity contribution in [1.29, 1.82) is 0 Å². The van der Waals surface area contributed by atoms with E-state index in [0.717, 1.165) is 33.9 Å². The topological polar surface area (TPSA) is 96.7 Å². The summed E-state index contributed by atoms with van der Waals surface area (Å²) in [7, 11) is 0. The smallest absolute Gasteiger partial charge is 0.335 e. The van der Waals surface area contributed by atoms with Crippen molar-refractivity contribution in [2.75, 3.05) is 13.2 Å². The van der Waals surface area contributed by atoms with Crippen LogP contribution in [0.25, 0.3) is 5.69 Å². The number of benzene rings is 1. The first-order valence-corrected chi connectivity index (χ1v) is 11.8. The number of hydrogen-bond acceptors (Lipinski definition) is 5. The first-order valence-electron chi connectivity index (χ1n) is 11.4. The van der Waals surface area contributed by atoms with Gasteiger partial charge in [-0.3, -0.25) is 9.78 Å². The molecule has 3 heterocycles. The lowest BCUT2D eigenvalue weighted by Gasteiger charge is -2.27. The van der Waals surface area contributed by atoms with Crippen molar-refractivity contribution in [1.82, 2.24) is 19.8 Å². The van der Waals surface area contributed by atoms with Crippen LogP contribution < -0.4 is 5.32 Å². The molecule has 3 aromatic rings. The van der Waals surface area contributed by atoms with Crippen LogP contribution in [-0.4, -0.2) is 49.8 Å². The van der Waals surface area contributed by atoms with Crippen LogP contribution in [0, 0.1) is 20.8 Å². The minimum absolute atomic E-state index is 0.00483. The van der Waals surface area contributed by atoms with Crippen LogP contribution in [0.5, 0.6) is 0 Å². The lowest BCUT2D eigenvalue weighted by Crippen LogP contribution is -2.35. The first-order chi connectivity index (χ1) is 16.7. The zero-order valence-electron chi connectivity index (χ0n) is 20.1. The molecule has 1 aliphatic heterocycles. The number of pyridine rings is 1. The zero-order chi connectivity index (χ0) is 25.3. The maximum atomic E-state index is 12.5. The van der Waals surface area contributed by atoms with E-state index in [-0.39, 0.29) is 36.8 Å². The van der Waals surface area contributed by atoms with Gasteiger partial charge in [-0.15, -0.1) is 0 Å². The molecule has 0 aliphatic carbocycles. The number of carbonyl (C=O) groups is 2. The summed E-state index contributed by atoms with van der Waals surface area (Å²) in [6, 6.07) is 12.3. The fourth-order valence-electron chi connectivity index (χ4n) is 4.70. The average Bonchev–Trinajstić information content (AvgIpc) is 3.30. The summed E-state index contributed by atoms with van der Waals surface area (Å²) < 4.78 is 7.26. The molecular formula is C26H28N4O4S. The Balaban J connectivity index is 1.85. The van der Waals surface area contributed by atoms with E-state index >= 15 is 0 Å². The fourth-order valence-corrected chi connectivity index (χ4v) is 5.01. The highest BCUT2D eigenvalue weighted by atomic mass is 32.1. The van der Waals surface area contributed by atoms with Crippen molar-refractivity contribution in [3.63, 3.8) is 0 Å². The molecule has 182 valence electrons. The highest BCUT2D eigenvalue weighted by Gasteiger charge is 2.42. The average molecular weight is 493 g/mol. The van der Waals surface area contributed by atoms with Crippen molar-refractivity contribution in [2.24, 2.45) is 0 Å². The largest absolute Gasteiger partial charge is 0.478 e. The Hall–Kier alpha value is -3.72. The molecule has 0 radical (unpaired) electrons. The van der Waals surface area contributed by atoms with Crippen molar-refractivity contribution >= 4 is 29.3 Å². The maximum absolute atomic E-state index is 12.5. The summed E-state index contributed by atoms with van der Waals surface area (Å²) in [4.78, 5) is 30.5. The third-order valence-electron chi connectivity index (χ3n) is 6.29. The van der Waals surface area contributed by atoms with Crippen LogP contribution in [0.1, 0.15) is 57.6 Å². The maximum Gasteiger partial charge on any atom is 0.335 e. The van der Waals surface area contributed by atoms with Gasteiger partial charge in [0.25, 0.3) is 0 Å². The number of hydrogen-bond donors (Lipinski definition) is 2. The van der Waals surface area contributed by atoms with Crippen LogP contribution >= 0.6 is 12.2 Å². The van der Waals surface area contributed by atoms with Crippen LogP contribution in [0.15, 0.2) is 48.7 Å². The van der Waals surface area contributed by atoms with Crippen LogP contribution in [0.2, 0.25) is 0 Å². The number of carboxylic acids is 1. The number of aromatic nitrogens is 2. The van der Waals surface area contributed by atoms with E-state index in [1.165, 1.54) is 0 Å². The predicted octanol–water partition coefficient (Wildman–Crippen LogP) is 4.03. The molecule has 0 unspecified atom stereocenters. The van der Waals surface area contributed by atoms with Gasteiger partial charge < -0.3 is 24.6 Å². The van der Waals surface area contributed by atoms with Gasteiger partial charge >= 0.3 is 11.9 Å². The summed E-state index contributed by atoms with van der Waals surface area (Å²) in [5.41, 5.74) is 5.61. The zero-order valence-corrected chi connectivity index (χ0v) is 20.9. The Bertz CT molecular complexity index is 1290. The van der Waals surface area contributed by atoms with E-state index in [9.17, 15) is 14.7 Å². The molecule has 1 saturated heterocycles. The van der Waals surface area contributed by atoms with Gasteiger partial charge in [0.05, 0.1) is 29.9 Å².